The number of non-ortho nitro benzene ring substituents is 1. The van der Waals surface area contributed by atoms with Gasteiger partial charge in [-0.15, -0.1) is 0 Å². The smallest absolute Gasteiger partial charge is 0.336 e. The summed E-state index contributed by atoms with van der Waals surface area (Å²) in [4.78, 5) is 46.4. The number of nitrogens with zero attached hydrogens (tertiary/aromatic N) is 3. The summed E-state index contributed by atoms with van der Waals surface area (Å²) < 4.78 is 17.0. The van der Waals surface area contributed by atoms with Crippen molar-refractivity contribution in [1.29, 1.82) is 0 Å². The Hall–Kier alpha value is -4.96. The topological polar surface area (TPSA) is 130 Å². The van der Waals surface area contributed by atoms with Crippen LogP contribution >= 0.6 is 0 Å². The van der Waals surface area contributed by atoms with Crippen molar-refractivity contribution in [3.8, 4) is 0 Å². The molecule has 3 atom stereocenters. The molecule has 2 aromatic carbocycles. The zero-order valence-electron chi connectivity index (χ0n) is 27.5. The van der Waals surface area contributed by atoms with Crippen LogP contribution in [0.4, 0.5) is 5.69 Å². The first-order valence-corrected chi connectivity index (χ1v) is 15.7. The van der Waals surface area contributed by atoms with Gasteiger partial charge in [0, 0.05) is 48.3 Å². The third-order valence-corrected chi connectivity index (χ3v) is 7.86. The largest absolute Gasteiger partial charge is 0.465 e. The van der Waals surface area contributed by atoms with Crippen LogP contribution in [0.25, 0.3) is 6.08 Å². The highest BCUT2D eigenvalue weighted by molar-refractivity contribution is 6.07. The van der Waals surface area contributed by atoms with Crippen LogP contribution in [0, 0.1) is 16.0 Å². The van der Waals surface area contributed by atoms with Crippen LogP contribution in [0.5, 0.6) is 0 Å². The Morgan fingerprint density at radius 3 is 2.51 bits per heavy atom. The number of benzene rings is 2. The molecule has 47 heavy (non-hydrogen) atoms. The lowest BCUT2D eigenvalue weighted by Crippen LogP contribution is -2.37. The number of hydrogen-bond acceptors (Lipinski definition) is 9. The summed E-state index contributed by atoms with van der Waals surface area (Å²) in [7, 11) is 0. The van der Waals surface area contributed by atoms with Crippen LogP contribution in [-0.4, -0.2) is 53.5 Å². The van der Waals surface area contributed by atoms with E-state index in [0.717, 1.165) is 23.1 Å². The highest BCUT2D eigenvalue weighted by atomic mass is 16.6. The van der Waals surface area contributed by atoms with E-state index in [0.29, 0.717) is 36.6 Å². The number of esters is 2. The van der Waals surface area contributed by atoms with Crippen LogP contribution in [0.3, 0.4) is 0 Å². The number of nitro benzene ring substituents is 1. The van der Waals surface area contributed by atoms with Gasteiger partial charge in [-0.25, -0.2) is 4.79 Å². The minimum Gasteiger partial charge on any atom is -0.465 e. The van der Waals surface area contributed by atoms with Crippen molar-refractivity contribution in [2.45, 2.75) is 59.5 Å². The number of ether oxygens (including phenoxy) is 3. The average Bonchev–Trinajstić information content (AvgIpc) is 3.04. The zero-order valence-corrected chi connectivity index (χ0v) is 27.5. The standard InChI is InChI=1S/C37H41N3O7/c1-6-46-36(41)33-26(4)39-27(5)34(35(33)31-10-7-11-32(21-31)40(43)44)37(42)47-25(3)16-18-45-23-24(2)19-28-12-14-29(15-13-28)20-30-9-8-17-38-22-30/h7-15,17,19,21-22,25,33,35H,6,16,18,20,23H2,1-5H3. The van der Waals surface area contributed by atoms with Crippen LogP contribution in [0.1, 0.15) is 69.2 Å². The second kappa shape index (κ2) is 16.6. The number of allylic oxidation sites excluding steroid dienone is 1. The van der Waals surface area contributed by atoms with Crippen molar-refractivity contribution >= 4 is 29.4 Å². The van der Waals surface area contributed by atoms with E-state index >= 15 is 0 Å². The molecular weight excluding hydrogens is 598 g/mol. The van der Waals surface area contributed by atoms with E-state index in [-0.39, 0.29) is 17.9 Å². The van der Waals surface area contributed by atoms with Gasteiger partial charge < -0.3 is 14.2 Å². The number of hydrogen-bond donors (Lipinski definition) is 0. The summed E-state index contributed by atoms with van der Waals surface area (Å²) in [5.74, 6) is -3.00. The van der Waals surface area contributed by atoms with Crippen LogP contribution in [-0.2, 0) is 30.2 Å². The Balaban J connectivity index is 1.36. The Morgan fingerprint density at radius 2 is 1.83 bits per heavy atom. The molecule has 3 unspecified atom stereocenters. The van der Waals surface area contributed by atoms with Gasteiger partial charge in [0.2, 0.25) is 0 Å². The molecule has 2 heterocycles. The summed E-state index contributed by atoms with van der Waals surface area (Å²) in [6.45, 7) is 9.74. The van der Waals surface area contributed by atoms with Gasteiger partial charge in [0.15, 0.2) is 0 Å². The number of aromatic nitrogens is 1. The average molecular weight is 640 g/mol. The molecule has 1 aliphatic heterocycles. The van der Waals surface area contributed by atoms with Gasteiger partial charge in [0.25, 0.3) is 5.69 Å². The van der Waals surface area contributed by atoms with Gasteiger partial charge in [0.1, 0.15) is 12.0 Å². The number of pyridine rings is 1. The predicted octanol–water partition coefficient (Wildman–Crippen LogP) is 7.03. The van der Waals surface area contributed by atoms with Crippen molar-refractivity contribution in [3.05, 3.63) is 122 Å². The molecule has 0 N–H and O–H groups in total. The Morgan fingerprint density at radius 1 is 1.06 bits per heavy atom. The molecule has 0 spiro atoms. The van der Waals surface area contributed by atoms with Crippen LogP contribution in [0.15, 0.2) is 94.9 Å². The molecule has 0 aliphatic carbocycles. The highest BCUT2D eigenvalue weighted by Crippen LogP contribution is 2.41. The summed E-state index contributed by atoms with van der Waals surface area (Å²) in [6, 6.07) is 18.3. The van der Waals surface area contributed by atoms with Crippen molar-refractivity contribution < 1.29 is 28.7 Å². The molecule has 10 heteroatoms. The van der Waals surface area contributed by atoms with Gasteiger partial charge in [-0.1, -0.05) is 48.5 Å². The number of carbonyl (C=O) groups is 2. The lowest BCUT2D eigenvalue weighted by atomic mass is 9.75. The molecule has 0 bridgehead atoms. The minimum absolute atomic E-state index is 0.136. The molecule has 0 saturated carbocycles. The van der Waals surface area contributed by atoms with Gasteiger partial charge in [-0.2, -0.15) is 0 Å². The monoisotopic (exact) mass is 639 g/mol. The molecule has 246 valence electrons. The van der Waals surface area contributed by atoms with Gasteiger partial charge >= 0.3 is 11.9 Å². The van der Waals surface area contributed by atoms with Gasteiger partial charge in [-0.05, 0) is 74.9 Å². The first kappa shape index (κ1) is 34.9. The lowest BCUT2D eigenvalue weighted by Gasteiger charge is -2.32. The molecule has 0 amide bonds. The molecule has 1 aliphatic rings. The maximum absolute atomic E-state index is 13.6. The summed E-state index contributed by atoms with van der Waals surface area (Å²) in [5, 5.41) is 11.5. The third-order valence-electron chi connectivity index (χ3n) is 7.86. The summed E-state index contributed by atoms with van der Waals surface area (Å²) in [5.41, 5.74) is 5.81. The molecular formula is C37H41N3O7. The minimum atomic E-state index is -0.936. The van der Waals surface area contributed by atoms with E-state index < -0.39 is 34.8 Å². The van der Waals surface area contributed by atoms with E-state index in [1.807, 2.05) is 19.2 Å². The summed E-state index contributed by atoms with van der Waals surface area (Å²) in [6.07, 6.45) is 6.49. The fourth-order valence-corrected chi connectivity index (χ4v) is 5.62. The quantitative estimate of drug-likeness (QED) is 0.0795. The van der Waals surface area contributed by atoms with E-state index in [2.05, 4.69) is 46.4 Å². The lowest BCUT2D eigenvalue weighted by molar-refractivity contribution is -0.384. The highest BCUT2D eigenvalue weighted by Gasteiger charge is 2.43. The maximum Gasteiger partial charge on any atom is 0.336 e. The molecule has 1 aromatic heterocycles. The Bertz CT molecular complexity index is 1660. The van der Waals surface area contributed by atoms with Gasteiger partial charge in [0.05, 0.1) is 30.3 Å². The SMILES string of the molecule is CCOC(=O)C1C(C)=NC(C)=C(C(=O)OC(C)CCOCC(C)=Cc2ccc(Cc3cccnc3)cc2)C1c1cccc([N+](=O)[O-])c1. The number of rotatable bonds is 14. The Labute approximate surface area is 275 Å². The Kier molecular flexibility index (Phi) is 12.3. The number of aliphatic imine (C=N–C) groups is 1. The molecule has 0 saturated heterocycles. The number of nitro groups is 1. The molecule has 4 rings (SSSR count). The van der Waals surface area contributed by atoms with Crippen molar-refractivity contribution in [3.63, 3.8) is 0 Å². The van der Waals surface area contributed by atoms with E-state index in [4.69, 9.17) is 14.2 Å². The predicted molar refractivity (Wildman–Crippen MR) is 180 cm³/mol. The van der Waals surface area contributed by atoms with E-state index in [1.165, 1.54) is 23.8 Å². The fraction of sp³-hybridized carbons (Fsp3) is 0.351. The molecule has 0 fully saturated rings. The fourth-order valence-electron chi connectivity index (χ4n) is 5.62. The molecule has 3 aromatic rings. The second-order valence-corrected chi connectivity index (χ2v) is 11.6. The van der Waals surface area contributed by atoms with Gasteiger partial charge in [-0.3, -0.25) is 24.9 Å². The molecule has 10 nitrogen and oxygen atoms in total. The van der Waals surface area contributed by atoms with Crippen molar-refractivity contribution in [2.24, 2.45) is 10.9 Å². The second-order valence-electron chi connectivity index (χ2n) is 11.6. The number of carbonyl (C=O) groups excluding carboxylic acids is 2. The van der Waals surface area contributed by atoms with Crippen molar-refractivity contribution in [2.75, 3.05) is 19.8 Å². The first-order chi connectivity index (χ1) is 22.6. The first-order valence-electron chi connectivity index (χ1n) is 15.7. The van der Waals surface area contributed by atoms with E-state index in [9.17, 15) is 19.7 Å². The summed E-state index contributed by atoms with van der Waals surface area (Å²) >= 11 is 0. The van der Waals surface area contributed by atoms with Crippen molar-refractivity contribution in [1.82, 2.24) is 4.98 Å². The van der Waals surface area contributed by atoms with Crippen LogP contribution in [0.2, 0.25) is 0 Å². The molecule has 0 radical (unpaired) electrons. The zero-order chi connectivity index (χ0) is 33.9. The maximum atomic E-state index is 13.6. The van der Waals surface area contributed by atoms with Crippen LogP contribution < -0.4 is 0 Å². The van der Waals surface area contributed by atoms with E-state index in [1.54, 1.807) is 40.0 Å². The normalized spacial score (nSPS) is 17.1. The third kappa shape index (κ3) is 9.52.